The number of hydrogen-bond donors (Lipinski definition) is 0. The Labute approximate surface area is 167 Å². The van der Waals surface area contributed by atoms with Crippen LogP contribution in [0.25, 0.3) is 0 Å². The molecular formula is C23H32O5. The lowest BCUT2D eigenvalue weighted by Crippen LogP contribution is -2.60. The maximum Gasteiger partial charge on any atom is 0.302 e. The zero-order chi connectivity index (χ0) is 19.7. The zero-order valence-corrected chi connectivity index (χ0v) is 17.3. The summed E-state index contributed by atoms with van der Waals surface area (Å²) in [5.41, 5.74) is 1.19. The van der Waals surface area contributed by atoms with Crippen LogP contribution in [0, 0.1) is 28.6 Å². The number of carbonyl (C=O) groups is 2. The summed E-state index contributed by atoms with van der Waals surface area (Å²) in [5, 5.41) is 0. The summed E-state index contributed by atoms with van der Waals surface area (Å²) in [5.74, 6) is 0.547. The van der Waals surface area contributed by atoms with E-state index in [2.05, 4.69) is 19.9 Å². The van der Waals surface area contributed by atoms with Gasteiger partial charge in [0.25, 0.3) is 0 Å². The van der Waals surface area contributed by atoms with E-state index < -0.39 is 5.79 Å². The van der Waals surface area contributed by atoms with Crippen LogP contribution in [0.2, 0.25) is 0 Å². The molecule has 0 aromatic carbocycles. The van der Waals surface area contributed by atoms with E-state index in [-0.39, 0.29) is 28.8 Å². The lowest BCUT2D eigenvalue weighted by Gasteiger charge is -2.60. The van der Waals surface area contributed by atoms with Gasteiger partial charge in [-0.3, -0.25) is 9.59 Å². The van der Waals surface area contributed by atoms with Gasteiger partial charge in [-0.2, -0.15) is 0 Å². The molecule has 5 nitrogen and oxygen atoms in total. The predicted molar refractivity (Wildman–Crippen MR) is 102 cm³/mol. The molecule has 5 rings (SSSR count). The van der Waals surface area contributed by atoms with Crippen LogP contribution in [-0.2, 0) is 23.8 Å². The minimum absolute atomic E-state index is 0.0475. The summed E-state index contributed by atoms with van der Waals surface area (Å²) < 4.78 is 18.2. The topological polar surface area (TPSA) is 61.8 Å². The number of ether oxygens (including phenoxy) is 3. The average molecular weight is 389 g/mol. The summed E-state index contributed by atoms with van der Waals surface area (Å²) in [4.78, 5) is 24.3. The quantitative estimate of drug-likeness (QED) is 0.505. The minimum Gasteiger partial charge on any atom is -0.462 e. The smallest absolute Gasteiger partial charge is 0.302 e. The van der Waals surface area contributed by atoms with Crippen LogP contribution in [0.5, 0.6) is 0 Å². The first kappa shape index (κ1) is 18.8. The SMILES string of the molecule is CC(=O)O[C@H]1CC[C@@]2(C)C(=CC3(OCCO3)[C@@H]3[C@@H]2CC[C@]2(C)C(=O)CC[C@@H]32)C1. The Bertz CT molecular complexity index is 735. The zero-order valence-electron chi connectivity index (χ0n) is 17.3. The summed E-state index contributed by atoms with van der Waals surface area (Å²) in [6, 6.07) is 0. The van der Waals surface area contributed by atoms with Crippen molar-refractivity contribution in [2.45, 2.75) is 77.6 Å². The number of hydrogen-bond acceptors (Lipinski definition) is 5. The monoisotopic (exact) mass is 388 g/mol. The van der Waals surface area contributed by atoms with Crippen LogP contribution < -0.4 is 0 Å². The summed E-state index contributed by atoms with van der Waals surface area (Å²) in [6.45, 7) is 7.28. The van der Waals surface area contributed by atoms with Crippen molar-refractivity contribution in [2.24, 2.45) is 28.6 Å². The number of fused-ring (bicyclic) bond motifs is 6. The second-order valence-electron chi connectivity index (χ2n) is 10.1. The molecule has 4 aliphatic carbocycles. The van der Waals surface area contributed by atoms with Crippen molar-refractivity contribution in [2.75, 3.05) is 13.2 Å². The Morgan fingerprint density at radius 3 is 2.46 bits per heavy atom. The first-order chi connectivity index (χ1) is 13.3. The van der Waals surface area contributed by atoms with Gasteiger partial charge in [0.2, 0.25) is 0 Å². The highest BCUT2D eigenvalue weighted by molar-refractivity contribution is 5.87. The van der Waals surface area contributed by atoms with Crippen LogP contribution in [0.15, 0.2) is 11.6 Å². The number of rotatable bonds is 1. The molecule has 6 atom stereocenters. The Balaban J connectivity index is 1.57. The molecule has 1 aliphatic heterocycles. The molecule has 0 radical (unpaired) electrons. The third-order valence-electron chi connectivity index (χ3n) is 8.88. The van der Waals surface area contributed by atoms with Crippen LogP contribution in [0.1, 0.15) is 65.7 Å². The van der Waals surface area contributed by atoms with Gasteiger partial charge < -0.3 is 14.2 Å². The lowest BCUT2D eigenvalue weighted by molar-refractivity contribution is -0.228. The van der Waals surface area contributed by atoms with Gasteiger partial charge in [-0.05, 0) is 55.4 Å². The van der Waals surface area contributed by atoms with Gasteiger partial charge in [0, 0.05) is 31.1 Å². The summed E-state index contributed by atoms with van der Waals surface area (Å²) >= 11 is 0. The standard InChI is InChI=1S/C23H32O5/c1-14(24)28-16-6-8-21(2)15(12-16)13-23(26-10-11-27-23)20-17-4-5-19(25)22(17,3)9-7-18(20)21/h13,16-18,20H,4-12H2,1-3H3/t16-,17-,18-,20-,21-,22-/m0/s1. The lowest BCUT2D eigenvalue weighted by atomic mass is 9.46. The Hall–Kier alpha value is -1.20. The first-order valence-electron chi connectivity index (χ1n) is 11.0. The first-order valence-corrected chi connectivity index (χ1v) is 11.0. The molecule has 1 saturated heterocycles. The van der Waals surface area contributed by atoms with Gasteiger partial charge in [0.05, 0.1) is 13.2 Å². The fourth-order valence-electron chi connectivity index (χ4n) is 7.43. The Morgan fingerprint density at radius 2 is 1.75 bits per heavy atom. The van der Waals surface area contributed by atoms with E-state index in [4.69, 9.17) is 14.2 Å². The van der Waals surface area contributed by atoms with E-state index in [0.717, 1.165) is 38.5 Å². The van der Waals surface area contributed by atoms with Gasteiger partial charge in [-0.1, -0.05) is 19.4 Å². The van der Waals surface area contributed by atoms with Crippen LogP contribution in [0.4, 0.5) is 0 Å². The van der Waals surface area contributed by atoms with Crippen molar-refractivity contribution in [3.8, 4) is 0 Å². The van der Waals surface area contributed by atoms with E-state index >= 15 is 0 Å². The van der Waals surface area contributed by atoms with Gasteiger partial charge >= 0.3 is 5.97 Å². The minimum atomic E-state index is -0.700. The molecule has 1 heterocycles. The number of esters is 1. The summed E-state index contributed by atoms with van der Waals surface area (Å²) in [7, 11) is 0. The number of ketones is 1. The van der Waals surface area contributed by atoms with Crippen molar-refractivity contribution >= 4 is 11.8 Å². The highest BCUT2D eigenvalue weighted by Gasteiger charge is 2.66. The Morgan fingerprint density at radius 1 is 1.07 bits per heavy atom. The van der Waals surface area contributed by atoms with Gasteiger partial charge in [-0.15, -0.1) is 0 Å². The van der Waals surface area contributed by atoms with E-state index in [1.165, 1.54) is 12.5 Å². The van der Waals surface area contributed by atoms with Gasteiger partial charge in [0.1, 0.15) is 11.9 Å². The molecular weight excluding hydrogens is 356 g/mol. The van der Waals surface area contributed by atoms with Crippen LogP contribution >= 0.6 is 0 Å². The molecule has 4 fully saturated rings. The van der Waals surface area contributed by atoms with E-state index in [9.17, 15) is 9.59 Å². The molecule has 5 aliphatic rings. The largest absolute Gasteiger partial charge is 0.462 e. The highest BCUT2D eigenvalue weighted by Crippen LogP contribution is 2.67. The average Bonchev–Trinajstić information content (AvgIpc) is 3.22. The normalized spacial score (nSPS) is 46.5. The molecule has 3 saturated carbocycles. The second kappa shape index (κ2) is 6.15. The molecule has 0 unspecified atom stereocenters. The van der Waals surface area contributed by atoms with Crippen LogP contribution in [0.3, 0.4) is 0 Å². The van der Waals surface area contributed by atoms with E-state index in [1.54, 1.807) is 0 Å². The number of carbonyl (C=O) groups excluding carboxylic acids is 2. The van der Waals surface area contributed by atoms with E-state index in [1.807, 2.05) is 0 Å². The van der Waals surface area contributed by atoms with Gasteiger partial charge in [0.15, 0.2) is 5.79 Å². The predicted octanol–water partition coefficient (Wildman–Crippen LogP) is 3.80. The maximum absolute atomic E-state index is 12.8. The molecule has 28 heavy (non-hydrogen) atoms. The molecule has 0 bridgehead atoms. The third kappa shape index (κ3) is 2.44. The molecule has 0 aromatic heterocycles. The van der Waals surface area contributed by atoms with Crippen LogP contribution in [-0.4, -0.2) is 36.9 Å². The second-order valence-corrected chi connectivity index (χ2v) is 10.1. The molecule has 1 spiro atoms. The molecule has 0 amide bonds. The van der Waals surface area contributed by atoms with E-state index in [0.29, 0.717) is 37.3 Å². The van der Waals surface area contributed by atoms with Crippen molar-refractivity contribution in [3.63, 3.8) is 0 Å². The molecule has 5 heteroatoms. The van der Waals surface area contributed by atoms with Gasteiger partial charge in [-0.25, -0.2) is 0 Å². The third-order valence-corrected chi connectivity index (χ3v) is 8.88. The fraction of sp³-hybridized carbons (Fsp3) is 0.826. The van der Waals surface area contributed by atoms with Crippen molar-refractivity contribution in [1.29, 1.82) is 0 Å². The van der Waals surface area contributed by atoms with Crippen molar-refractivity contribution in [3.05, 3.63) is 11.6 Å². The van der Waals surface area contributed by atoms with Crippen molar-refractivity contribution in [1.82, 2.24) is 0 Å². The summed E-state index contributed by atoms with van der Waals surface area (Å²) in [6.07, 6.45) is 8.57. The maximum atomic E-state index is 12.8. The Kier molecular flexibility index (Phi) is 4.13. The molecule has 0 aromatic rings. The molecule has 0 N–H and O–H groups in total. The highest BCUT2D eigenvalue weighted by atomic mass is 16.7. The number of Topliss-reactive ketones (excluding diaryl/α,β-unsaturated/α-hetero) is 1. The van der Waals surface area contributed by atoms with Crippen molar-refractivity contribution < 1.29 is 23.8 Å². The molecule has 154 valence electrons. The fourth-order valence-corrected chi connectivity index (χ4v) is 7.43.